The molecule has 1 amide bonds. The van der Waals surface area contributed by atoms with Crippen molar-refractivity contribution in [2.45, 2.75) is 6.54 Å². The molecule has 0 N–H and O–H groups in total. The van der Waals surface area contributed by atoms with Gasteiger partial charge in [0.25, 0.3) is 5.91 Å². The summed E-state index contributed by atoms with van der Waals surface area (Å²) in [5, 5.41) is 0.435. The molecule has 0 saturated carbocycles. The van der Waals surface area contributed by atoms with Gasteiger partial charge < -0.3 is 4.74 Å². The van der Waals surface area contributed by atoms with E-state index in [1.165, 1.54) is 17.4 Å². The number of pyridine rings is 1. The highest BCUT2D eigenvalue weighted by Gasteiger charge is 2.22. The van der Waals surface area contributed by atoms with E-state index in [1.807, 2.05) is 12.1 Å². The van der Waals surface area contributed by atoms with Crippen molar-refractivity contribution in [3.8, 4) is 5.75 Å². The van der Waals surface area contributed by atoms with E-state index in [2.05, 4.69) is 9.97 Å². The summed E-state index contributed by atoms with van der Waals surface area (Å²) in [5.74, 6) is 0.0293. The summed E-state index contributed by atoms with van der Waals surface area (Å²) in [5.41, 5.74) is 1.61. The summed E-state index contributed by atoms with van der Waals surface area (Å²) in [6, 6.07) is 15.3. The number of thiazole rings is 1. The molecule has 4 rings (SSSR count). The molecule has 4 aromatic rings. The fourth-order valence-electron chi connectivity index (χ4n) is 2.81. The Balaban J connectivity index is 1.75. The monoisotopic (exact) mass is 393 g/mol. The first-order valence-electron chi connectivity index (χ1n) is 8.55. The van der Waals surface area contributed by atoms with Crippen molar-refractivity contribution >= 4 is 32.6 Å². The molecule has 2 aromatic carbocycles. The molecule has 140 valence electrons. The van der Waals surface area contributed by atoms with Crippen LogP contribution in [0, 0.1) is 5.82 Å². The largest absolute Gasteiger partial charge is 0.497 e. The van der Waals surface area contributed by atoms with Crippen LogP contribution in [0.25, 0.3) is 10.2 Å². The number of hydrogen-bond acceptors (Lipinski definition) is 5. The van der Waals surface area contributed by atoms with Crippen molar-refractivity contribution in [2.24, 2.45) is 0 Å². The molecule has 0 unspecified atom stereocenters. The lowest BCUT2D eigenvalue weighted by Crippen LogP contribution is -2.30. The molecule has 0 aliphatic rings. The number of hydrogen-bond donors (Lipinski definition) is 0. The van der Waals surface area contributed by atoms with Crippen LogP contribution in [-0.4, -0.2) is 23.0 Å². The second-order valence-corrected chi connectivity index (χ2v) is 7.07. The number of benzene rings is 2. The Morgan fingerprint density at radius 3 is 2.64 bits per heavy atom. The van der Waals surface area contributed by atoms with Crippen LogP contribution in [0.3, 0.4) is 0 Å². The van der Waals surface area contributed by atoms with E-state index in [0.29, 0.717) is 21.1 Å². The second-order valence-electron chi connectivity index (χ2n) is 6.06. The van der Waals surface area contributed by atoms with Gasteiger partial charge in [-0.2, -0.15) is 0 Å². The lowest BCUT2D eigenvalue weighted by atomic mass is 10.2. The maximum absolute atomic E-state index is 14.1. The molecular formula is C21H16FN3O2S. The zero-order valence-electron chi connectivity index (χ0n) is 15.0. The topological polar surface area (TPSA) is 55.3 Å². The number of carbonyl (C=O) groups is 1. The molecule has 0 spiro atoms. The number of rotatable bonds is 5. The lowest BCUT2D eigenvalue weighted by molar-refractivity contribution is 0.0985. The van der Waals surface area contributed by atoms with Crippen LogP contribution >= 0.6 is 11.3 Å². The number of aromatic nitrogens is 2. The van der Waals surface area contributed by atoms with E-state index in [-0.39, 0.29) is 18.0 Å². The van der Waals surface area contributed by atoms with Gasteiger partial charge in [-0.15, -0.1) is 0 Å². The summed E-state index contributed by atoms with van der Waals surface area (Å²) < 4.78 is 20.0. The molecule has 0 fully saturated rings. The third kappa shape index (κ3) is 3.57. The molecule has 0 radical (unpaired) electrons. The van der Waals surface area contributed by atoms with Crippen LogP contribution in [0.2, 0.25) is 0 Å². The molecule has 0 aliphatic heterocycles. The van der Waals surface area contributed by atoms with Crippen molar-refractivity contribution in [3.63, 3.8) is 0 Å². The number of carbonyl (C=O) groups excluding carboxylic acids is 1. The molecule has 0 saturated heterocycles. The fraction of sp³-hybridized carbons (Fsp3) is 0.0952. The van der Waals surface area contributed by atoms with E-state index >= 15 is 0 Å². The highest BCUT2D eigenvalue weighted by molar-refractivity contribution is 7.22. The highest BCUT2D eigenvalue weighted by Crippen LogP contribution is 2.32. The minimum absolute atomic E-state index is 0.231. The number of halogens is 1. The first kappa shape index (κ1) is 18.1. The van der Waals surface area contributed by atoms with Crippen LogP contribution < -0.4 is 9.64 Å². The quantitative estimate of drug-likeness (QED) is 0.494. The van der Waals surface area contributed by atoms with E-state index < -0.39 is 5.82 Å². The van der Waals surface area contributed by atoms with Gasteiger partial charge in [-0.25, -0.2) is 9.37 Å². The maximum atomic E-state index is 14.1. The Morgan fingerprint density at radius 1 is 1.14 bits per heavy atom. The van der Waals surface area contributed by atoms with Crippen LogP contribution in [0.4, 0.5) is 9.52 Å². The van der Waals surface area contributed by atoms with Crippen molar-refractivity contribution in [1.29, 1.82) is 0 Å². The molecule has 0 aliphatic carbocycles. The van der Waals surface area contributed by atoms with E-state index in [9.17, 15) is 9.18 Å². The Hall–Kier alpha value is -3.32. The van der Waals surface area contributed by atoms with Gasteiger partial charge in [0.1, 0.15) is 17.1 Å². The highest BCUT2D eigenvalue weighted by atomic mass is 32.1. The van der Waals surface area contributed by atoms with Crippen molar-refractivity contribution in [1.82, 2.24) is 9.97 Å². The third-order valence-electron chi connectivity index (χ3n) is 4.23. The number of amides is 1. The third-order valence-corrected chi connectivity index (χ3v) is 5.28. The SMILES string of the molecule is COc1ccc(C(=O)N(Cc2cccnc2)c2nc3c(F)cccc3s2)cc1. The maximum Gasteiger partial charge on any atom is 0.260 e. The fourth-order valence-corrected chi connectivity index (χ4v) is 3.79. The standard InChI is InChI=1S/C21H16FN3O2S/c1-27-16-9-7-15(8-10-16)20(26)25(13-14-4-3-11-23-12-14)21-24-19-17(22)5-2-6-18(19)28-21/h2-12H,13H2,1H3. The van der Waals surface area contributed by atoms with Crippen LogP contribution in [0.1, 0.15) is 15.9 Å². The van der Waals surface area contributed by atoms with Gasteiger partial charge >= 0.3 is 0 Å². The second kappa shape index (κ2) is 7.74. The average Bonchev–Trinajstić information content (AvgIpc) is 3.18. The molecular weight excluding hydrogens is 377 g/mol. The summed E-state index contributed by atoms with van der Waals surface area (Å²) in [6.07, 6.45) is 3.37. The Kier molecular flexibility index (Phi) is 4.99. The molecule has 0 atom stereocenters. The van der Waals surface area contributed by atoms with Crippen molar-refractivity contribution < 1.29 is 13.9 Å². The van der Waals surface area contributed by atoms with Gasteiger partial charge in [-0.1, -0.05) is 23.5 Å². The number of fused-ring (bicyclic) bond motifs is 1. The number of nitrogens with zero attached hydrogens (tertiary/aromatic N) is 3. The minimum atomic E-state index is -0.404. The molecule has 7 heteroatoms. The summed E-state index contributed by atoms with van der Waals surface area (Å²) >= 11 is 1.28. The number of methoxy groups -OCH3 is 1. The van der Waals surface area contributed by atoms with E-state index in [1.54, 1.807) is 60.8 Å². The van der Waals surface area contributed by atoms with E-state index in [0.717, 1.165) is 5.56 Å². The number of ether oxygens (including phenoxy) is 1. The predicted octanol–water partition coefficient (Wildman–Crippen LogP) is 4.69. The van der Waals surface area contributed by atoms with Crippen molar-refractivity contribution in [2.75, 3.05) is 12.0 Å². The minimum Gasteiger partial charge on any atom is -0.497 e. The molecule has 28 heavy (non-hydrogen) atoms. The predicted molar refractivity (Wildman–Crippen MR) is 107 cm³/mol. The smallest absolute Gasteiger partial charge is 0.260 e. The first-order valence-corrected chi connectivity index (χ1v) is 9.37. The molecule has 2 aromatic heterocycles. The number of para-hydroxylation sites is 1. The number of anilines is 1. The first-order chi connectivity index (χ1) is 13.7. The van der Waals surface area contributed by atoms with Gasteiger partial charge in [0.2, 0.25) is 0 Å². The normalized spacial score (nSPS) is 10.8. The van der Waals surface area contributed by atoms with Crippen molar-refractivity contribution in [3.05, 3.63) is 83.9 Å². The van der Waals surface area contributed by atoms with Crippen LogP contribution in [-0.2, 0) is 6.54 Å². The van der Waals surface area contributed by atoms with Gasteiger partial charge in [-0.05, 0) is 48.0 Å². The average molecular weight is 393 g/mol. The van der Waals surface area contributed by atoms with Crippen LogP contribution in [0.5, 0.6) is 5.75 Å². The summed E-state index contributed by atoms with van der Waals surface area (Å²) in [6.45, 7) is 0.278. The zero-order chi connectivity index (χ0) is 19.5. The molecule has 0 bridgehead atoms. The zero-order valence-corrected chi connectivity index (χ0v) is 15.8. The molecule has 5 nitrogen and oxygen atoms in total. The van der Waals surface area contributed by atoms with Gasteiger partial charge in [0, 0.05) is 18.0 Å². The molecule has 2 heterocycles. The van der Waals surface area contributed by atoms with Crippen LogP contribution in [0.15, 0.2) is 67.0 Å². The summed E-state index contributed by atoms with van der Waals surface area (Å²) in [4.78, 5) is 23.3. The van der Waals surface area contributed by atoms with E-state index in [4.69, 9.17) is 4.74 Å². The Morgan fingerprint density at radius 2 is 1.96 bits per heavy atom. The Labute approximate surface area is 165 Å². The lowest BCUT2D eigenvalue weighted by Gasteiger charge is -2.20. The van der Waals surface area contributed by atoms with Gasteiger partial charge in [0.05, 0.1) is 18.4 Å². The van der Waals surface area contributed by atoms with Gasteiger partial charge in [-0.3, -0.25) is 14.7 Å². The summed E-state index contributed by atoms with van der Waals surface area (Å²) in [7, 11) is 1.57. The Bertz CT molecular complexity index is 1110. The van der Waals surface area contributed by atoms with Gasteiger partial charge in [0.15, 0.2) is 5.13 Å².